The highest BCUT2D eigenvalue weighted by molar-refractivity contribution is 7.19. The van der Waals surface area contributed by atoms with Crippen LogP contribution in [0.25, 0.3) is 10.4 Å². The molecule has 0 bridgehead atoms. The lowest BCUT2D eigenvalue weighted by molar-refractivity contribution is -0.255. The van der Waals surface area contributed by atoms with Gasteiger partial charge in [0.1, 0.15) is 5.69 Å². The summed E-state index contributed by atoms with van der Waals surface area (Å²) in [6.45, 7) is 1.34. The van der Waals surface area contributed by atoms with Crippen molar-refractivity contribution in [2.24, 2.45) is 0 Å². The van der Waals surface area contributed by atoms with E-state index in [0.29, 0.717) is 4.88 Å². The smallest absolute Gasteiger partial charge is 0.223 e. The zero-order valence-electron chi connectivity index (χ0n) is 9.47. The highest BCUT2D eigenvalue weighted by Crippen LogP contribution is 2.32. The number of aromatic carboxylic acids is 1. The summed E-state index contributed by atoms with van der Waals surface area (Å²) in [7, 11) is 0. The van der Waals surface area contributed by atoms with Crippen LogP contribution in [0.15, 0.2) is 30.3 Å². The lowest BCUT2D eigenvalue weighted by Crippen LogP contribution is -2.23. The third kappa shape index (κ3) is 2.54. The Labute approximate surface area is 107 Å². The number of hydrogen-bond donors (Lipinski definition) is 1. The van der Waals surface area contributed by atoms with Crippen molar-refractivity contribution < 1.29 is 14.7 Å². The number of benzene rings is 1. The van der Waals surface area contributed by atoms with E-state index in [4.69, 9.17) is 0 Å². The molecule has 0 aliphatic carbocycles. The molecule has 0 aliphatic heterocycles. The Morgan fingerprint density at radius 1 is 1.28 bits per heavy atom. The van der Waals surface area contributed by atoms with Crippen LogP contribution < -0.4 is 10.4 Å². The summed E-state index contributed by atoms with van der Waals surface area (Å²) >= 11 is 1.11. The SMILES string of the molecule is CC(=O)Nc1nc(C(=O)[O-])c(-c2ccccc2)s1. The Hall–Kier alpha value is -2.21. The Morgan fingerprint density at radius 3 is 2.50 bits per heavy atom. The molecular weight excluding hydrogens is 252 g/mol. The normalized spacial score (nSPS) is 10.1. The van der Waals surface area contributed by atoms with Gasteiger partial charge in [0.15, 0.2) is 5.13 Å². The number of carbonyl (C=O) groups excluding carboxylic acids is 2. The van der Waals surface area contributed by atoms with E-state index in [1.165, 1.54) is 6.92 Å². The van der Waals surface area contributed by atoms with Gasteiger partial charge < -0.3 is 15.2 Å². The molecule has 92 valence electrons. The Balaban J connectivity index is 2.48. The Bertz CT molecular complexity index is 593. The third-order valence-electron chi connectivity index (χ3n) is 2.14. The van der Waals surface area contributed by atoms with Crippen molar-refractivity contribution in [1.29, 1.82) is 0 Å². The highest BCUT2D eigenvalue weighted by Gasteiger charge is 2.14. The quantitative estimate of drug-likeness (QED) is 0.898. The van der Waals surface area contributed by atoms with Crippen molar-refractivity contribution in [3.8, 4) is 10.4 Å². The topological polar surface area (TPSA) is 82.1 Å². The molecule has 0 saturated carbocycles. The van der Waals surface area contributed by atoms with Gasteiger partial charge in [-0.15, -0.1) is 0 Å². The molecule has 0 fully saturated rings. The van der Waals surface area contributed by atoms with E-state index in [1.807, 2.05) is 6.07 Å². The van der Waals surface area contributed by atoms with Crippen molar-refractivity contribution in [2.45, 2.75) is 6.92 Å². The van der Waals surface area contributed by atoms with Crippen LogP contribution in [0.1, 0.15) is 17.4 Å². The molecule has 2 aromatic rings. The maximum Gasteiger partial charge on any atom is 0.223 e. The molecule has 2 rings (SSSR count). The van der Waals surface area contributed by atoms with Gasteiger partial charge >= 0.3 is 0 Å². The lowest BCUT2D eigenvalue weighted by atomic mass is 10.1. The van der Waals surface area contributed by atoms with E-state index in [9.17, 15) is 14.7 Å². The first-order valence-electron chi connectivity index (χ1n) is 5.13. The Kier molecular flexibility index (Phi) is 3.38. The molecule has 1 aromatic heterocycles. The van der Waals surface area contributed by atoms with E-state index in [-0.39, 0.29) is 16.7 Å². The largest absolute Gasteiger partial charge is 0.543 e. The fourth-order valence-corrected chi connectivity index (χ4v) is 2.45. The predicted molar refractivity (Wildman–Crippen MR) is 66.2 cm³/mol. The maximum absolute atomic E-state index is 11.0. The van der Waals surface area contributed by atoms with E-state index in [0.717, 1.165) is 16.9 Å². The number of thiazole rings is 1. The minimum atomic E-state index is -1.36. The summed E-state index contributed by atoms with van der Waals surface area (Å²) in [6.07, 6.45) is 0. The number of rotatable bonds is 3. The summed E-state index contributed by atoms with van der Waals surface area (Å²) in [5.41, 5.74) is 0.570. The summed E-state index contributed by atoms with van der Waals surface area (Å²) in [5.74, 6) is -1.66. The molecule has 0 radical (unpaired) electrons. The molecule has 1 amide bonds. The average Bonchev–Trinajstić information content (AvgIpc) is 2.73. The van der Waals surface area contributed by atoms with Crippen LogP contribution in [-0.4, -0.2) is 16.9 Å². The van der Waals surface area contributed by atoms with Crippen LogP contribution in [0.2, 0.25) is 0 Å². The summed E-state index contributed by atoms with van der Waals surface area (Å²) in [5, 5.41) is 13.7. The zero-order chi connectivity index (χ0) is 13.1. The third-order valence-corrected chi connectivity index (χ3v) is 3.16. The second-order valence-electron chi connectivity index (χ2n) is 3.53. The number of aromatic nitrogens is 1. The predicted octanol–water partition coefficient (Wildman–Crippen LogP) is 1.13. The molecule has 1 N–H and O–H groups in total. The minimum absolute atomic E-state index is 0.157. The van der Waals surface area contributed by atoms with Crippen LogP contribution in [0.4, 0.5) is 5.13 Å². The van der Waals surface area contributed by atoms with Gasteiger partial charge in [0.25, 0.3) is 0 Å². The molecule has 1 heterocycles. The number of carboxylic acids is 1. The maximum atomic E-state index is 11.0. The molecular formula is C12H9N2O3S-. The van der Waals surface area contributed by atoms with Gasteiger partial charge in [-0.1, -0.05) is 41.7 Å². The standard InChI is InChI=1S/C12H10N2O3S/c1-7(15)13-12-14-9(11(16)17)10(18-12)8-5-3-2-4-6-8/h2-6H,1H3,(H,16,17)(H,13,14,15)/p-1. The molecule has 1 aromatic carbocycles. The van der Waals surface area contributed by atoms with E-state index in [1.54, 1.807) is 24.3 Å². The first kappa shape index (κ1) is 12.3. The van der Waals surface area contributed by atoms with Gasteiger partial charge in [-0.05, 0) is 5.56 Å². The number of anilines is 1. The number of hydrogen-bond acceptors (Lipinski definition) is 5. The lowest BCUT2D eigenvalue weighted by Gasteiger charge is -2.01. The van der Waals surface area contributed by atoms with Gasteiger partial charge in [0, 0.05) is 6.92 Å². The number of nitrogens with one attached hydrogen (secondary N) is 1. The van der Waals surface area contributed by atoms with Crippen LogP contribution in [0.5, 0.6) is 0 Å². The van der Waals surface area contributed by atoms with Crippen molar-refractivity contribution in [3.63, 3.8) is 0 Å². The number of amides is 1. The van der Waals surface area contributed by atoms with Gasteiger partial charge in [-0.3, -0.25) is 4.79 Å². The zero-order valence-corrected chi connectivity index (χ0v) is 10.3. The fourth-order valence-electron chi connectivity index (χ4n) is 1.45. The number of carbonyl (C=O) groups is 2. The van der Waals surface area contributed by atoms with Crippen molar-refractivity contribution in [2.75, 3.05) is 5.32 Å². The summed E-state index contributed by atoms with van der Waals surface area (Å²) in [4.78, 5) is 26.3. The second kappa shape index (κ2) is 4.97. The summed E-state index contributed by atoms with van der Waals surface area (Å²) < 4.78 is 0. The van der Waals surface area contributed by atoms with E-state index >= 15 is 0 Å². The van der Waals surface area contributed by atoms with Crippen LogP contribution in [0, 0.1) is 0 Å². The van der Waals surface area contributed by atoms with Gasteiger partial charge in [-0.25, -0.2) is 4.98 Å². The van der Waals surface area contributed by atoms with Crippen molar-refractivity contribution >= 4 is 28.3 Å². The minimum Gasteiger partial charge on any atom is -0.543 e. The average molecular weight is 261 g/mol. The molecule has 0 saturated heterocycles. The molecule has 18 heavy (non-hydrogen) atoms. The highest BCUT2D eigenvalue weighted by atomic mass is 32.1. The molecule has 5 nitrogen and oxygen atoms in total. The van der Waals surface area contributed by atoms with Crippen LogP contribution >= 0.6 is 11.3 Å². The monoisotopic (exact) mass is 261 g/mol. The van der Waals surface area contributed by atoms with Crippen LogP contribution in [-0.2, 0) is 4.79 Å². The first-order valence-corrected chi connectivity index (χ1v) is 5.95. The number of carboxylic acid groups (broad SMARTS) is 1. The van der Waals surface area contributed by atoms with Gasteiger partial charge in [0.05, 0.1) is 10.8 Å². The van der Waals surface area contributed by atoms with Crippen molar-refractivity contribution in [1.82, 2.24) is 4.98 Å². The molecule has 0 unspecified atom stereocenters. The van der Waals surface area contributed by atoms with Gasteiger partial charge in [0.2, 0.25) is 5.91 Å². The Morgan fingerprint density at radius 2 is 1.94 bits per heavy atom. The summed E-state index contributed by atoms with van der Waals surface area (Å²) in [6, 6.07) is 8.98. The molecule has 0 aliphatic rings. The molecule has 0 spiro atoms. The number of nitrogens with zero attached hydrogens (tertiary/aromatic N) is 1. The van der Waals surface area contributed by atoms with E-state index < -0.39 is 5.97 Å². The molecule has 6 heteroatoms. The van der Waals surface area contributed by atoms with Crippen LogP contribution in [0.3, 0.4) is 0 Å². The van der Waals surface area contributed by atoms with Gasteiger partial charge in [-0.2, -0.15) is 0 Å². The first-order chi connectivity index (χ1) is 8.58. The molecule has 0 atom stereocenters. The second-order valence-corrected chi connectivity index (χ2v) is 4.53. The van der Waals surface area contributed by atoms with Crippen molar-refractivity contribution in [3.05, 3.63) is 36.0 Å². The fraction of sp³-hybridized carbons (Fsp3) is 0.0833. The van der Waals surface area contributed by atoms with E-state index in [2.05, 4.69) is 10.3 Å².